The third-order valence-corrected chi connectivity index (χ3v) is 3.84. The average molecular weight is 306 g/mol. The molecule has 0 aliphatic heterocycles. The van der Waals surface area contributed by atoms with Crippen LogP contribution in [0.3, 0.4) is 0 Å². The quantitative estimate of drug-likeness (QED) is 0.613. The molecule has 1 saturated carbocycles. The summed E-state index contributed by atoms with van der Waals surface area (Å²) in [7, 11) is 0. The van der Waals surface area contributed by atoms with Gasteiger partial charge in [0.05, 0.1) is 0 Å². The molecule has 0 unspecified atom stereocenters. The molecule has 1 rings (SSSR count). The van der Waals surface area contributed by atoms with Crippen LogP contribution in [0.25, 0.3) is 0 Å². The molecule has 0 aromatic rings. The van der Waals surface area contributed by atoms with Crippen LogP contribution >= 0.6 is 0 Å². The number of hydrogen-bond acceptors (Lipinski definition) is 2. The average Bonchev–Trinajstić information content (AvgIpc) is 3.07. The molecule has 7 heteroatoms. The van der Waals surface area contributed by atoms with E-state index in [0.29, 0.717) is 18.9 Å². The first-order valence-electron chi connectivity index (χ1n) is 7.32. The van der Waals surface area contributed by atoms with Gasteiger partial charge in [0.1, 0.15) is 6.04 Å². The lowest BCUT2D eigenvalue weighted by Crippen LogP contribution is -2.48. The number of rotatable bonds is 9. The van der Waals surface area contributed by atoms with Gasteiger partial charge >= 0.3 is 12.0 Å². The number of hydrogen-bond donors (Lipinski definition) is 3. The standard InChI is InChI=1S/C14H24F2N2O3/c1-3-4-14(5-6-14)7-8-17-12(21)18-10(11(19)20)9-13(2,15)16/h10H,3-9H2,1-2H3,(H,19,20)(H2,17,18,21)/t10-/m0/s1. The van der Waals surface area contributed by atoms with Crippen molar-refractivity contribution in [2.45, 2.75) is 64.3 Å². The highest BCUT2D eigenvalue weighted by Gasteiger charge is 2.40. The van der Waals surface area contributed by atoms with Gasteiger partial charge < -0.3 is 15.7 Å². The minimum absolute atomic E-state index is 0.324. The summed E-state index contributed by atoms with van der Waals surface area (Å²) >= 11 is 0. The molecule has 0 bridgehead atoms. The Balaban J connectivity index is 2.32. The predicted molar refractivity (Wildman–Crippen MR) is 74.4 cm³/mol. The number of carboxylic acid groups (broad SMARTS) is 1. The largest absolute Gasteiger partial charge is 0.480 e. The van der Waals surface area contributed by atoms with Crippen molar-refractivity contribution >= 4 is 12.0 Å². The van der Waals surface area contributed by atoms with Crippen LogP contribution < -0.4 is 10.6 Å². The van der Waals surface area contributed by atoms with E-state index in [1.807, 2.05) is 0 Å². The zero-order valence-electron chi connectivity index (χ0n) is 12.5. The maximum atomic E-state index is 12.8. The van der Waals surface area contributed by atoms with Crippen LogP contribution in [-0.4, -0.2) is 35.6 Å². The van der Waals surface area contributed by atoms with E-state index in [1.54, 1.807) is 0 Å². The maximum Gasteiger partial charge on any atom is 0.326 e. The molecule has 2 amide bonds. The highest BCUT2D eigenvalue weighted by Crippen LogP contribution is 2.52. The van der Waals surface area contributed by atoms with E-state index in [0.717, 1.165) is 32.1 Å². The van der Waals surface area contributed by atoms with Gasteiger partial charge in [-0.1, -0.05) is 13.3 Å². The first-order valence-corrected chi connectivity index (χ1v) is 7.32. The lowest BCUT2D eigenvalue weighted by molar-refractivity contribution is -0.141. The third-order valence-electron chi connectivity index (χ3n) is 3.84. The topological polar surface area (TPSA) is 78.4 Å². The summed E-state index contributed by atoms with van der Waals surface area (Å²) < 4.78 is 25.7. The van der Waals surface area contributed by atoms with Crippen LogP contribution in [0.15, 0.2) is 0 Å². The van der Waals surface area contributed by atoms with Crippen molar-refractivity contribution in [1.29, 1.82) is 0 Å². The van der Waals surface area contributed by atoms with Gasteiger partial charge in [0, 0.05) is 13.0 Å². The van der Waals surface area contributed by atoms with Crippen molar-refractivity contribution < 1.29 is 23.5 Å². The number of halogens is 2. The van der Waals surface area contributed by atoms with E-state index in [-0.39, 0.29) is 0 Å². The van der Waals surface area contributed by atoms with Gasteiger partial charge in [0.2, 0.25) is 5.92 Å². The Morgan fingerprint density at radius 2 is 1.95 bits per heavy atom. The first kappa shape index (κ1) is 17.7. The number of nitrogens with one attached hydrogen (secondary N) is 2. The minimum atomic E-state index is -3.14. The first-order chi connectivity index (χ1) is 9.67. The summed E-state index contributed by atoms with van der Waals surface area (Å²) in [6, 6.07) is -2.30. The molecule has 0 spiro atoms. The number of urea groups is 1. The predicted octanol–water partition coefficient (Wildman–Crippen LogP) is 2.75. The molecule has 0 radical (unpaired) electrons. The maximum absolute atomic E-state index is 12.8. The normalized spacial score (nSPS) is 17.9. The van der Waals surface area contributed by atoms with Gasteiger partial charge in [-0.15, -0.1) is 0 Å². The van der Waals surface area contributed by atoms with Crippen LogP contribution in [0.5, 0.6) is 0 Å². The molecule has 1 atom stereocenters. The fourth-order valence-corrected chi connectivity index (χ4v) is 2.54. The Morgan fingerprint density at radius 3 is 2.38 bits per heavy atom. The summed E-state index contributed by atoms with van der Waals surface area (Å²) in [4.78, 5) is 22.4. The van der Waals surface area contributed by atoms with Gasteiger partial charge in [0.15, 0.2) is 0 Å². The molecule has 3 N–H and O–H groups in total. The van der Waals surface area contributed by atoms with Crippen molar-refractivity contribution in [3.05, 3.63) is 0 Å². The number of carboxylic acids is 1. The third kappa shape index (κ3) is 6.73. The Bertz CT molecular complexity index is 379. The highest BCUT2D eigenvalue weighted by molar-refractivity contribution is 5.82. The van der Waals surface area contributed by atoms with Gasteiger partial charge in [0.25, 0.3) is 0 Å². The Hall–Kier alpha value is -1.40. The van der Waals surface area contributed by atoms with Gasteiger partial charge in [-0.25, -0.2) is 18.4 Å². The van der Waals surface area contributed by atoms with Crippen molar-refractivity contribution in [2.24, 2.45) is 5.41 Å². The monoisotopic (exact) mass is 306 g/mol. The van der Waals surface area contributed by atoms with E-state index in [2.05, 4.69) is 17.6 Å². The Kier molecular flexibility index (Phi) is 5.92. The van der Waals surface area contributed by atoms with Crippen LogP contribution in [0.1, 0.15) is 52.4 Å². The number of carbonyl (C=O) groups is 2. The molecule has 1 aliphatic carbocycles. The summed E-state index contributed by atoms with van der Waals surface area (Å²) in [6.45, 7) is 3.17. The number of amides is 2. The van der Waals surface area contributed by atoms with Gasteiger partial charge in [-0.05, 0) is 38.0 Å². The van der Waals surface area contributed by atoms with Crippen molar-refractivity contribution in [3.63, 3.8) is 0 Å². The highest BCUT2D eigenvalue weighted by atomic mass is 19.3. The van der Waals surface area contributed by atoms with Crippen LogP contribution in [0.2, 0.25) is 0 Å². The Morgan fingerprint density at radius 1 is 1.33 bits per heavy atom. The fraction of sp³-hybridized carbons (Fsp3) is 0.857. The summed E-state index contributed by atoms with van der Waals surface area (Å²) in [5.74, 6) is -4.61. The molecule has 1 fully saturated rings. The molecule has 0 saturated heterocycles. The lowest BCUT2D eigenvalue weighted by Gasteiger charge is -2.19. The van der Waals surface area contributed by atoms with Crippen molar-refractivity contribution in [1.82, 2.24) is 10.6 Å². The Labute approximate surface area is 123 Å². The fourth-order valence-electron chi connectivity index (χ4n) is 2.54. The second kappa shape index (κ2) is 7.04. The second-order valence-electron chi connectivity index (χ2n) is 6.07. The summed E-state index contributed by atoms with van der Waals surface area (Å²) in [5, 5.41) is 13.5. The van der Waals surface area contributed by atoms with E-state index in [4.69, 9.17) is 5.11 Å². The molecular formula is C14H24F2N2O3. The van der Waals surface area contributed by atoms with Crippen LogP contribution in [-0.2, 0) is 4.79 Å². The van der Waals surface area contributed by atoms with E-state index in [1.165, 1.54) is 0 Å². The molecule has 21 heavy (non-hydrogen) atoms. The zero-order chi connectivity index (χ0) is 16.1. The number of aliphatic carboxylic acids is 1. The molecule has 0 heterocycles. The van der Waals surface area contributed by atoms with Crippen molar-refractivity contribution in [2.75, 3.05) is 6.54 Å². The van der Waals surface area contributed by atoms with E-state index >= 15 is 0 Å². The van der Waals surface area contributed by atoms with Gasteiger partial charge in [-0.2, -0.15) is 0 Å². The second-order valence-corrected chi connectivity index (χ2v) is 6.07. The SMILES string of the molecule is CCCC1(CCNC(=O)N[C@@H](CC(C)(F)F)C(=O)O)CC1. The lowest BCUT2D eigenvalue weighted by atomic mass is 9.97. The molecule has 5 nitrogen and oxygen atoms in total. The van der Waals surface area contributed by atoms with Gasteiger partial charge in [-0.3, -0.25) is 0 Å². The minimum Gasteiger partial charge on any atom is -0.480 e. The van der Waals surface area contributed by atoms with Crippen LogP contribution in [0.4, 0.5) is 13.6 Å². The van der Waals surface area contributed by atoms with E-state index < -0.39 is 30.4 Å². The van der Waals surface area contributed by atoms with Crippen LogP contribution in [0, 0.1) is 5.41 Å². The molecular weight excluding hydrogens is 282 g/mol. The molecule has 0 aromatic carbocycles. The number of carbonyl (C=O) groups excluding carboxylic acids is 1. The smallest absolute Gasteiger partial charge is 0.326 e. The zero-order valence-corrected chi connectivity index (χ0v) is 12.5. The molecule has 122 valence electrons. The summed E-state index contributed by atoms with van der Waals surface area (Å²) in [5.41, 5.74) is 0.324. The molecule has 1 aliphatic rings. The molecule has 0 aromatic heterocycles. The van der Waals surface area contributed by atoms with Crippen molar-refractivity contribution in [3.8, 4) is 0 Å². The summed E-state index contributed by atoms with van der Waals surface area (Å²) in [6.07, 6.45) is 4.45. The number of alkyl halides is 2. The van der Waals surface area contributed by atoms with E-state index in [9.17, 15) is 18.4 Å².